The fourth-order valence-electron chi connectivity index (χ4n) is 7.39. The summed E-state index contributed by atoms with van der Waals surface area (Å²) in [6.07, 6.45) is 10.2. The van der Waals surface area contributed by atoms with Crippen molar-refractivity contribution in [1.82, 2.24) is 9.97 Å². The number of nitrogens with zero attached hydrogens (tertiary/aromatic N) is 4. The Morgan fingerprint density at radius 1 is 0.594 bits per heavy atom. The van der Waals surface area contributed by atoms with Crippen LogP contribution >= 0.6 is 0 Å². The van der Waals surface area contributed by atoms with Crippen LogP contribution in [-0.4, -0.2) is 55.9 Å². The summed E-state index contributed by atoms with van der Waals surface area (Å²) in [4.78, 5) is 8.30. The molecule has 0 radical (unpaired) electrons. The molecule has 4 aromatic carbocycles. The van der Waals surface area contributed by atoms with Crippen molar-refractivity contribution in [3.05, 3.63) is 142 Å². The molecule has 0 spiro atoms. The van der Waals surface area contributed by atoms with Crippen LogP contribution in [0.15, 0.2) is 97.1 Å². The van der Waals surface area contributed by atoms with E-state index in [0.717, 1.165) is 53.7 Å². The third kappa shape index (κ3) is 11.8. The molecule has 0 saturated heterocycles. The molecule has 8 rings (SSSR count). The quantitative estimate of drug-likeness (QED) is 0.0728. The zero-order valence-corrected chi connectivity index (χ0v) is 36.2. The van der Waals surface area contributed by atoms with E-state index in [1.54, 1.807) is 50.6 Å². The molecule has 1 atom stereocenters. The van der Waals surface area contributed by atoms with Crippen LogP contribution in [-0.2, 0) is 19.3 Å². The van der Waals surface area contributed by atoms with Crippen molar-refractivity contribution in [2.24, 2.45) is 0 Å². The van der Waals surface area contributed by atoms with Crippen LogP contribution < -0.4 is 34.3 Å². The number of pyridine rings is 2. The van der Waals surface area contributed by atoms with Gasteiger partial charge in [-0.1, -0.05) is 12.1 Å². The Morgan fingerprint density at radius 2 is 1.09 bits per heavy atom. The number of aromatic hydroxyl groups is 1. The SMILES string of the molecule is COc1cc(Nc2cc(O)ccc2C=N)cc(OC)n1.COc1cc(Nc2cc(O[C@H]3CCCc4cc(C#N)ccc43)ccc2C=N)cc(OC)n1.N#Cc1ccc2c(c1)CCCC2. The van der Waals surface area contributed by atoms with E-state index in [2.05, 4.69) is 38.8 Å². The number of benzene rings is 4. The first-order valence-electron chi connectivity index (χ1n) is 20.6. The first kappa shape index (κ1) is 45.4. The lowest BCUT2D eigenvalue weighted by Crippen LogP contribution is -2.15. The summed E-state index contributed by atoms with van der Waals surface area (Å²) in [6, 6.07) is 33.5. The second-order valence-corrected chi connectivity index (χ2v) is 14.8. The molecule has 6 aromatic rings. The van der Waals surface area contributed by atoms with Gasteiger partial charge in [-0.3, -0.25) is 0 Å². The van der Waals surface area contributed by atoms with Gasteiger partial charge in [-0.05, 0) is 116 Å². The predicted octanol–water partition coefficient (Wildman–Crippen LogP) is 10.2. The zero-order valence-electron chi connectivity index (χ0n) is 36.2. The molecule has 2 aliphatic rings. The molecule has 2 heterocycles. The molecule has 0 bridgehead atoms. The second kappa shape index (κ2) is 22.1. The summed E-state index contributed by atoms with van der Waals surface area (Å²) in [5.74, 6) is 2.48. The van der Waals surface area contributed by atoms with Crippen molar-refractivity contribution in [3.63, 3.8) is 0 Å². The molecular formula is C50H50N8O6. The average molecular weight is 859 g/mol. The minimum absolute atomic E-state index is 0.0775. The van der Waals surface area contributed by atoms with Crippen molar-refractivity contribution < 1.29 is 28.8 Å². The van der Waals surface area contributed by atoms with Crippen LogP contribution in [0, 0.1) is 33.5 Å². The van der Waals surface area contributed by atoms with Gasteiger partial charge in [-0.25, -0.2) is 0 Å². The minimum atomic E-state index is -0.0775. The number of fused-ring (bicyclic) bond motifs is 2. The Balaban J connectivity index is 0.000000180. The Kier molecular flexibility index (Phi) is 15.7. The van der Waals surface area contributed by atoms with E-state index in [4.69, 9.17) is 39.8 Å². The highest BCUT2D eigenvalue weighted by molar-refractivity contribution is 5.89. The van der Waals surface area contributed by atoms with E-state index < -0.39 is 0 Å². The first-order chi connectivity index (χ1) is 31.2. The standard InChI is InChI=1S/C25H24N4O3.C14H15N3O3.C11H11N/c1-30-24-11-19(12-25(29-24)31-2)28-22-13-20(8-7-18(22)15-27)32-23-5-3-4-17-10-16(14-26)6-9-21(17)23;1-19-13-5-10(6-14(17-13)20-2)16-12-7-11(18)4-3-9(12)8-15;12-8-9-5-6-10-3-1-2-4-11(10)7-9/h6-13,15,23,27H,3-5H2,1-2H3,(H,28,29);3-8,15,18H,1-2H3,(H,16,17);5-7H,1-4H2/t23-;;/m0../s1. The number of hydrogen-bond acceptors (Lipinski definition) is 14. The van der Waals surface area contributed by atoms with Gasteiger partial charge >= 0.3 is 0 Å². The highest BCUT2D eigenvalue weighted by Crippen LogP contribution is 2.36. The summed E-state index contributed by atoms with van der Waals surface area (Å²) in [7, 11) is 6.13. The van der Waals surface area contributed by atoms with Crippen LogP contribution in [0.2, 0.25) is 0 Å². The summed E-state index contributed by atoms with van der Waals surface area (Å²) in [5.41, 5.74) is 10.7. The van der Waals surface area contributed by atoms with Gasteiger partial charge in [0.2, 0.25) is 23.5 Å². The molecule has 14 heteroatoms. The number of anilines is 4. The second-order valence-electron chi connectivity index (χ2n) is 14.8. The van der Waals surface area contributed by atoms with Crippen LogP contribution in [0.5, 0.6) is 35.0 Å². The average Bonchev–Trinajstić information content (AvgIpc) is 3.34. The molecule has 0 fully saturated rings. The molecule has 0 aliphatic heterocycles. The van der Waals surface area contributed by atoms with Crippen molar-refractivity contribution >= 4 is 35.2 Å². The number of methoxy groups -OCH3 is 4. The number of phenolic OH excluding ortho intramolecular Hbond substituents is 1. The van der Waals surface area contributed by atoms with Crippen LogP contribution in [0.1, 0.15) is 76.3 Å². The summed E-state index contributed by atoms with van der Waals surface area (Å²) < 4.78 is 27.0. The number of phenols is 1. The van der Waals surface area contributed by atoms with Crippen LogP contribution in [0.3, 0.4) is 0 Å². The van der Waals surface area contributed by atoms with E-state index in [0.29, 0.717) is 51.8 Å². The molecule has 2 aliphatic carbocycles. The van der Waals surface area contributed by atoms with Gasteiger partial charge in [-0.15, -0.1) is 0 Å². The fraction of sp³-hybridized carbons (Fsp3) is 0.240. The van der Waals surface area contributed by atoms with Gasteiger partial charge in [0.15, 0.2) is 0 Å². The van der Waals surface area contributed by atoms with Gasteiger partial charge in [0.1, 0.15) is 17.6 Å². The predicted molar refractivity (Wildman–Crippen MR) is 247 cm³/mol. The highest BCUT2D eigenvalue weighted by atomic mass is 16.5. The number of hydrogen-bond donors (Lipinski definition) is 5. The van der Waals surface area contributed by atoms with Crippen molar-refractivity contribution in [1.29, 1.82) is 21.3 Å². The molecule has 0 unspecified atom stereocenters. The highest BCUT2D eigenvalue weighted by Gasteiger charge is 2.23. The Morgan fingerprint density at radius 3 is 1.64 bits per heavy atom. The maximum absolute atomic E-state index is 9.54. The topological polar surface area (TPSA) is 211 Å². The lowest BCUT2D eigenvalue weighted by molar-refractivity contribution is 0.183. The summed E-state index contributed by atoms with van der Waals surface area (Å²) in [5, 5.41) is 49.0. The number of ether oxygens (including phenoxy) is 5. The molecule has 0 saturated carbocycles. The molecule has 326 valence electrons. The van der Waals surface area contributed by atoms with Crippen molar-refractivity contribution in [2.75, 3.05) is 39.1 Å². The maximum atomic E-state index is 9.54. The van der Waals surface area contributed by atoms with E-state index in [1.165, 1.54) is 68.7 Å². The monoisotopic (exact) mass is 858 g/mol. The third-order valence-corrected chi connectivity index (χ3v) is 10.6. The largest absolute Gasteiger partial charge is 0.508 e. The third-order valence-electron chi connectivity index (χ3n) is 10.6. The lowest BCUT2D eigenvalue weighted by atomic mass is 9.88. The number of aryl methyl sites for hydroxylation is 3. The van der Waals surface area contributed by atoms with Crippen LogP contribution in [0.4, 0.5) is 22.7 Å². The zero-order chi connectivity index (χ0) is 45.4. The fourth-order valence-corrected chi connectivity index (χ4v) is 7.39. The summed E-state index contributed by atoms with van der Waals surface area (Å²) in [6.45, 7) is 0. The molecule has 14 nitrogen and oxygen atoms in total. The first-order valence-corrected chi connectivity index (χ1v) is 20.6. The normalized spacial score (nSPS) is 13.2. The Bertz CT molecular complexity index is 2650. The van der Waals surface area contributed by atoms with Gasteiger partial charge in [0.25, 0.3) is 0 Å². The van der Waals surface area contributed by atoms with Crippen LogP contribution in [0.25, 0.3) is 0 Å². The summed E-state index contributed by atoms with van der Waals surface area (Å²) >= 11 is 0. The van der Waals surface area contributed by atoms with Crippen molar-refractivity contribution in [2.45, 2.75) is 51.0 Å². The molecular weight excluding hydrogens is 809 g/mol. The number of nitriles is 2. The van der Waals surface area contributed by atoms with E-state index in [1.807, 2.05) is 48.5 Å². The number of aromatic nitrogens is 2. The van der Waals surface area contributed by atoms with Gasteiger partial charge in [0, 0.05) is 71.3 Å². The number of rotatable bonds is 12. The van der Waals surface area contributed by atoms with Gasteiger partial charge < -0.3 is 50.2 Å². The van der Waals surface area contributed by atoms with Gasteiger partial charge in [0.05, 0.1) is 63.1 Å². The molecule has 64 heavy (non-hydrogen) atoms. The number of nitrogens with one attached hydrogen (secondary N) is 4. The smallest absolute Gasteiger partial charge is 0.218 e. The Labute approximate surface area is 373 Å². The van der Waals surface area contributed by atoms with E-state index >= 15 is 0 Å². The van der Waals surface area contributed by atoms with Gasteiger partial charge in [-0.2, -0.15) is 20.5 Å². The van der Waals surface area contributed by atoms with E-state index in [-0.39, 0.29) is 11.9 Å². The molecule has 2 aromatic heterocycles. The minimum Gasteiger partial charge on any atom is -0.508 e. The Hall–Kier alpha value is -8.10. The lowest BCUT2D eigenvalue weighted by Gasteiger charge is -2.27. The van der Waals surface area contributed by atoms with E-state index in [9.17, 15) is 10.4 Å². The van der Waals surface area contributed by atoms with Crippen molar-refractivity contribution in [3.8, 4) is 47.2 Å². The molecule has 5 N–H and O–H groups in total. The molecule has 0 amide bonds. The maximum Gasteiger partial charge on any atom is 0.218 e.